The van der Waals surface area contributed by atoms with Crippen molar-refractivity contribution in [3.8, 4) is 0 Å². The molecule has 124 valence electrons. The van der Waals surface area contributed by atoms with Crippen molar-refractivity contribution in [2.45, 2.75) is 11.8 Å². The van der Waals surface area contributed by atoms with E-state index in [1.165, 1.54) is 30.3 Å². The van der Waals surface area contributed by atoms with Gasteiger partial charge in [-0.25, -0.2) is 17.8 Å². The number of sulfonamides is 1. The molecule has 0 aliphatic rings. The highest BCUT2D eigenvalue weighted by Gasteiger charge is 2.21. The van der Waals surface area contributed by atoms with Crippen molar-refractivity contribution in [1.29, 1.82) is 0 Å². The minimum absolute atomic E-state index is 0.0669. The van der Waals surface area contributed by atoms with Crippen molar-refractivity contribution in [2.24, 2.45) is 0 Å². The molecule has 0 saturated carbocycles. The molecule has 0 radical (unpaired) electrons. The van der Waals surface area contributed by atoms with Gasteiger partial charge in [-0.3, -0.25) is 4.72 Å². The van der Waals surface area contributed by atoms with Gasteiger partial charge in [-0.15, -0.1) is 0 Å². The van der Waals surface area contributed by atoms with E-state index in [0.29, 0.717) is 5.52 Å². The highest BCUT2D eigenvalue weighted by atomic mass is 32.2. The molecular weight excluding hydrogens is 334 g/mol. The predicted molar refractivity (Wildman–Crippen MR) is 85.0 cm³/mol. The molecule has 0 saturated heterocycles. The maximum Gasteiger partial charge on any atom is 0.338 e. The Bertz CT molecular complexity index is 997. The first-order valence-corrected chi connectivity index (χ1v) is 8.51. The monoisotopic (exact) mass is 347 g/mol. The van der Waals surface area contributed by atoms with Crippen molar-refractivity contribution >= 4 is 32.7 Å². The molecule has 0 atom stereocenters. The molecule has 9 heteroatoms. The fourth-order valence-corrected chi connectivity index (χ4v) is 3.33. The summed E-state index contributed by atoms with van der Waals surface area (Å²) in [5.74, 6) is -0.527. The molecule has 0 aliphatic carbocycles. The molecule has 0 spiro atoms. The Morgan fingerprint density at radius 3 is 2.79 bits per heavy atom. The van der Waals surface area contributed by atoms with Gasteiger partial charge in [0.25, 0.3) is 10.0 Å². The zero-order chi connectivity index (χ0) is 17.2. The number of fused-ring (bicyclic) bond motifs is 1. The van der Waals surface area contributed by atoms with Crippen molar-refractivity contribution in [2.75, 3.05) is 11.3 Å². The van der Waals surface area contributed by atoms with E-state index in [-0.39, 0.29) is 28.3 Å². The second kappa shape index (κ2) is 6.28. The number of hydrogen-bond acceptors (Lipinski definition) is 7. The normalized spacial score (nSPS) is 11.4. The molecule has 1 N–H and O–H groups in total. The third-order valence-corrected chi connectivity index (χ3v) is 4.58. The number of rotatable bonds is 5. The number of esters is 1. The molecular formula is C15H13N3O5S. The van der Waals surface area contributed by atoms with E-state index >= 15 is 0 Å². The second-order valence-electron chi connectivity index (χ2n) is 4.79. The average molecular weight is 347 g/mol. The summed E-state index contributed by atoms with van der Waals surface area (Å²) < 4.78 is 37.0. The molecule has 1 aromatic heterocycles. The molecule has 3 rings (SSSR count). The first-order valence-electron chi connectivity index (χ1n) is 7.02. The zero-order valence-electron chi connectivity index (χ0n) is 12.6. The largest absolute Gasteiger partial charge is 0.462 e. The van der Waals surface area contributed by atoms with Crippen molar-refractivity contribution in [3.63, 3.8) is 0 Å². The quantitative estimate of drug-likeness (QED) is 0.704. The van der Waals surface area contributed by atoms with Gasteiger partial charge >= 0.3 is 5.97 Å². The Morgan fingerprint density at radius 2 is 2.00 bits per heavy atom. The van der Waals surface area contributed by atoms with Gasteiger partial charge in [0.1, 0.15) is 10.4 Å². The lowest BCUT2D eigenvalue weighted by Gasteiger charge is -2.09. The van der Waals surface area contributed by atoms with Crippen LogP contribution >= 0.6 is 0 Å². The van der Waals surface area contributed by atoms with Crippen LogP contribution in [0.2, 0.25) is 0 Å². The molecule has 0 unspecified atom stereocenters. The Balaban J connectivity index is 1.94. The number of nitrogens with zero attached hydrogens (tertiary/aromatic N) is 2. The Labute approximate surface area is 137 Å². The van der Waals surface area contributed by atoms with Crippen LogP contribution in [0.25, 0.3) is 11.0 Å². The minimum atomic E-state index is -3.93. The molecule has 0 amide bonds. The van der Waals surface area contributed by atoms with E-state index in [1.807, 2.05) is 0 Å². The summed E-state index contributed by atoms with van der Waals surface area (Å²) in [6.07, 6.45) is 0. The van der Waals surface area contributed by atoms with E-state index in [2.05, 4.69) is 19.7 Å². The van der Waals surface area contributed by atoms with Crippen LogP contribution in [0.1, 0.15) is 17.3 Å². The maximum absolute atomic E-state index is 12.6. The predicted octanol–water partition coefficient (Wildman–Crippen LogP) is 2.20. The standard InChI is InChI=1S/C15H13N3O5S/c1-2-22-15(19)10-5-3-6-11(9-10)18-24(20,21)13-8-4-7-12-14(13)17-23-16-12/h3-9,18H,2H2,1H3. The fourth-order valence-electron chi connectivity index (χ4n) is 2.13. The molecule has 8 nitrogen and oxygen atoms in total. The van der Waals surface area contributed by atoms with Gasteiger partial charge in [0.2, 0.25) is 0 Å². The summed E-state index contributed by atoms with van der Waals surface area (Å²) in [4.78, 5) is 11.7. The lowest BCUT2D eigenvalue weighted by Crippen LogP contribution is -2.14. The van der Waals surface area contributed by atoms with Crippen LogP contribution in [-0.4, -0.2) is 31.3 Å². The van der Waals surface area contributed by atoms with Crippen LogP contribution < -0.4 is 4.72 Å². The number of aromatic nitrogens is 2. The topological polar surface area (TPSA) is 111 Å². The molecule has 24 heavy (non-hydrogen) atoms. The number of carbonyl (C=O) groups excluding carboxylic acids is 1. The van der Waals surface area contributed by atoms with E-state index in [9.17, 15) is 13.2 Å². The van der Waals surface area contributed by atoms with Crippen LogP contribution in [0.3, 0.4) is 0 Å². The highest BCUT2D eigenvalue weighted by Crippen LogP contribution is 2.23. The van der Waals surface area contributed by atoms with E-state index < -0.39 is 16.0 Å². The maximum atomic E-state index is 12.6. The van der Waals surface area contributed by atoms with Gasteiger partial charge < -0.3 is 4.74 Å². The third kappa shape index (κ3) is 3.06. The summed E-state index contributed by atoms with van der Waals surface area (Å²) in [7, 11) is -3.93. The van der Waals surface area contributed by atoms with Crippen LogP contribution in [-0.2, 0) is 14.8 Å². The third-order valence-electron chi connectivity index (χ3n) is 3.16. The van der Waals surface area contributed by atoms with Gasteiger partial charge in [0.15, 0.2) is 5.52 Å². The van der Waals surface area contributed by atoms with Crippen LogP contribution in [0.5, 0.6) is 0 Å². The van der Waals surface area contributed by atoms with Crippen molar-refractivity contribution < 1.29 is 22.6 Å². The van der Waals surface area contributed by atoms with Gasteiger partial charge in [-0.2, -0.15) is 0 Å². The second-order valence-corrected chi connectivity index (χ2v) is 6.45. The summed E-state index contributed by atoms with van der Waals surface area (Å²) in [6, 6.07) is 10.5. The first kappa shape index (κ1) is 15.9. The fraction of sp³-hybridized carbons (Fsp3) is 0.133. The molecule has 2 aromatic carbocycles. The Hall–Kier alpha value is -2.94. The number of ether oxygens (including phenoxy) is 1. The number of carbonyl (C=O) groups is 1. The molecule has 3 aromatic rings. The Morgan fingerprint density at radius 1 is 1.21 bits per heavy atom. The summed E-state index contributed by atoms with van der Waals surface area (Å²) >= 11 is 0. The van der Waals surface area contributed by atoms with Gasteiger partial charge in [0, 0.05) is 5.69 Å². The first-order chi connectivity index (χ1) is 11.5. The number of anilines is 1. The van der Waals surface area contributed by atoms with Crippen LogP contribution in [0.4, 0.5) is 5.69 Å². The summed E-state index contributed by atoms with van der Waals surface area (Å²) in [5.41, 5.74) is 0.942. The van der Waals surface area contributed by atoms with Crippen LogP contribution in [0, 0.1) is 0 Å². The van der Waals surface area contributed by atoms with Crippen molar-refractivity contribution in [1.82, 2.24) is 10.3 Å². The number of benzene rings is 2. The Kier molecular flexibility index (Phi) is 4.17. The summed E-state index contributed by atoms with van der Waals surface area (Å²) in [5, 5.41) is 7.24. The van der Waals surface area contributed by atoms with Crippen LogP contribution in [0.15, 0.2) is 52.0 Å². The highest BCUT2D eigenvalue weighted by molar-refractivity contribution is 7.93. The van der Waals surface area contributed by atoms with E-state index in [0.717, 1.165) is 0 Å². The van der Waals surface area contributed by atoms with E-state index in [4.69, 9.17) is 4.74 Å². The van der Waals surface area contributed by atoms with Gasteiger partial charge in [0.05, 0.1) is 12.2 Å². The minimum Gasteiger partial charge on any atom is -0.462 e. The zero-order valence-corrected chi connectivity index (χ0v) is 13.4. The lowest BCUT2D eigenvalue weighted by molar-refractivity contribution is 0.0526. The molecule has 0 bridgehead atoms. The summed E-state index contributed by atoms with van der Waals surface area (Å²) in [6.45, 7) is 1.92. The van der Waals surface area contributed by atoms with Gasteiger partial charge in [-0.05, 0) is 47.6 Å². The number of hydrogen-bond donors (Lipinski definition) is 1. The van der Waals surface area contributed by atoms with Gasteiger partial charge in [-0.1, -0.05) is 12.1 Å². The SMILES string of the molecule is CCOC(=O)c1cccc(NS(=O)(=O)c2cccc3nonc23)c1. The number of nitrogens with one attached hydrogen (secondary N) is 1. The van der Waals surface area contributed by atoms with Crippen molar-refractivity contribution in [3.05, 3.63) is 48.0 Å². The molecule has 1 heterocycles. The molecule has 0 fully saturated rings. The molecule has 0 aliphatic heterocycles. The van der Waals surface area contributed by atoms with E-state index in [1.54, 1.807) is 19.1 Å². The lowest BCUT2D eigenvalue weighted by atomic mass is 10.2. The average Bonchev–Trinajstić information content (AvgIpc) is 3.03. The smallest absolute Gasteiger partial charge is 0.338 e.